The van der Waals surface area contributed by atoms with Crippen LogP contribution in [0.3, 0.4) is 0 Å². The van der Waals surface area contributed by atoms with E-state index in [1.165, 1.54) is 84.5 Å². The van der Waals surface area contributed by atoms with Gasteiger partial charge in [-0.25, -0.2) is 28.6 Å². The van der Waals surface area contributed by atoms with Gasteiger partial charge in [0.25, 0.3) is 0 Å². The summed E-state index contributed by atoms with van der Waals surface area (Å²) >= 11 is 1.07. The van der Waals surface area contributed by atoms with Crippen molar-refractivity contribution in [2.75, 3.05) is 37.8 Å². The van der Waals surface area contributed by atoms with Crippen LogP contribution in [0.2, 0.25) is 0 Å². The van der Waals surface area contributed by atoms with Crippen molar-refractivity contribution in [3.8, 4) is 0 Å². The second-order valence-corrected chi connectivity index (χ2v) is 22.0. The maximum Gasteiger partial charge on any atom is 0.481 e. The number of aromatic nitrogens is 4. The lowest BCUT2D eigenvalue weighted by atomic mass is 9.87. The third-order valence-corrected chi connectivity index (χ3v) is 14.4. The number of hydrogen-bond acceptors (Lipinski definition) is 18. The average Bonchev–Trinajstić information content (AvgIpc) is 3.81. The SMILES string of the molecule is CCCCCCCCCCCCCCC/C=C/C(=O)SCCNC(=O)CCNC(=O)[C@H](O)C(C)(C)COP(=O)(O)OP(=O)(O)OC[C@H]1O[C@@H](n2cnc3c(N)ncnc32)[C@H](O)[C@@H]1OP(=O)(O)O. The molecule has 0 aromatic carbocycles. The molecule has 24 nitrogen and oxygen atoms in total. The number of phosphoric acid groups is 3. The molecule has 0 saturated carbocycles. The van der Waals surface area contributed by atoms with E-state index in [2.05, 4.69) is 41.3 Å². The number of imidazole rings is 1. The Morgan fingerprint density at radius 1 is 0.910 bits per heavy atom. The van der Waals surface area contributed by atoms with Crippen molar-refractivity contribution < 1.29 is 80.5 Å². The van der Waals surface area contributed by atoms with Crippen molar-refractivity contribution in [1.29, 1.82) is 0 Å². The average molecular weight is 1030 g/mol. The molecule has 0 bridgehead atoms. The molecular weight excluding hydrogens is 963 g/mol. The Morgan fingerprint density at radius 2 is 1.52 bits per heavy atom. The minimum atomic E-state index is -5.58. The first-order chi connectivity index (χ1) is 31.6. The Kier molecular flexibility index (Phi) is 25.2. The fourth-order valence-electron chi connectivity index (χ4n) is 6.79. The number of nitrogen functional groups attached to an aromatic ring is 1. The minimum absolute atomic E-state index is 0.0325. The first-order valence-electron chi connectivity index (χ1n) is 22.3. The molecule has 7 atom stereocenters. The van der Waals surface area contributed by atoms with Gasteiger partial charge in [-0.15, -0.1) is 0 Å². The van der Waals surface area contributed by atoms with Gasteiger partial charge in [-0.2, -0.15) is 4.31 Å². The topological polar surface area (TPSA) is 364 Å². The van der Waals surface area contributed by atoms with Crippen LogP contribution in [0.5, 0.6) is 0 Å². The van der Waals surface area contributed by atoms with Crippen molar-refractivity contribution in [1.82, 2.24) is 30.2 Å². The number of nitrogens with one attached hydrogen (secondary N) is 2. The lowest BCUT2D eigenvalue weighted by Gasteiger charge is -2.30. The molecule has 382 valence electrons. The molecule has 0 aliphatic carbocycles. The van der Waals surface area contributed by atoms with Crippen molar-refractivity contribution in [2.24, 2.45) is 5.41 Å². The number of unbranched alkanes of at least 4 members (excludes halogenated alkanes) is 13. The lowest BCUT2D eigenvalue weighted by Crippen LogP contribution is -2.46. The number of thioether (sulfide) groups is 1. The number of nitrogens with two attached hydrogens (primary N) is 1. The van der Waals surface area contributed by atoms with E-state index < -0.39 is 84.6 Å². The van der Waals surface area contributed by atoms with Gasteiger partial charge in [-0.3, -0.25) is 32.5 Å². The Balaban J connectivity index is 1.31. The number of phosphoric ester groups is 3. The van der Waals surface area contributed by atoms with Crippen LogP contribution < -0.4 is 16.4 Å². The van der Waals surface area contributed by atoms with E-state index in [1.807, 2.05) is 6.08 Å². The van der Waals surface area contributed by atoms with E-state index in [-0.39, 0.29) is 41.6 Å². The zero-order valence-corrected chi connectivity index (χ0v) is 41.6. The van der Waals surface area contributed by atoms with Gasteiger partial charge >= 0.3 is 23.5 Å². The molecule has 3 rings (SSSR count). The maximum atomic E-state index is 12.7. The molecule has 1 fully saturated rings. The van der Waals surface area contributed by atoms with Crippen LogP contribution in [0.4, 0.5) is 5.82 Å². The molecule has 2 amide bonds. The number of allylic oxidation sites excluding steroid dienone is 1. The van der Waals surface area contributed by atoms with E-state index >= 15 is 0 Å². The van der Waals surface area contributed by atoms with Crippen LogP contribution >= 0.6 is 35.2 Å². The number of rotatable bonds is 34. The molecule has 1 aliphatic rings. The number of carbonyl (C=O) groups is 3. The largest absolute Gasteiger partial charge is 0.481 e. The van der Waals surface area contributed by atoms with Gasteiger partial charge in [-0.05, 0) is 18.9 Å². The molecule has 2 aromatic heterocycles. The summed E-state index contributed by atoms with van der Waals surface area (Å²) in [4.78, 5) is 88.2. The van der Waals surface area contributed by atoms with E-state index in [9.17, 15) is 57.9 Å². The smallest absolute Gasteiger partial charge is 0.386 e. The number of nitrogens with zero attached hydrogens (tertiary/aromatic N) is 4. The molecule has 10 N–H and O–H groups in total. The highest BCUT2D eigenvalue weighted by atomic mass is 32.2. The number of amides is 2. The number of aliphatic hydroxyl groups excluding tert-OH is 2. The van der Waals surface area contributed by atoms with Crippen LogP contribution in [0.15, 0.2) is 24.8 Å². The van der Waals surface area contributed by atoms with E-state index in [4.69, 9.17) is 19.5 Å². The molecule has 3 heterocycles. The highest BCUT2D eigenvalue weighted by Crippen LogP contribution is 2.61. The Morgan fingerprint density at radius 3 is 2.15 bits per heavy atom. The monoisotopic (exact) mass is 1030 g/mol. The Hall–Kier alpha value is -2.70. The van der Waals surface area contributed by atoms with Crippen LogP contribution in [0, 0.1) is 5.41 Å². The summed E-state index contributed by atoms with van der Waals surface area (Å²) in [5, 5.41) is 26.5. The summed E-state index contributed by atoms with van der Waals surface area (Å²) < 4.78 is 62.4. The van der Waals surface area contributed by atoms with Gasteiger partial charge in [-0.1, -0.05) is 116 Å². The number of ether oxygens (including phenoxy) is 1. The third-order valence-electron chi connectivity index (χ3n) is 10.5. The molecule has 28 heteroatoms. The lowest BCUT2D eigenvalue weighted by molar-refractivity contribution is -0.137. The van der Waals surface area contributed by atoms with E-state index in [0.29, 0.717) is 5.75 Å². The first-order valence-corrected chi connectivity index (χ1v) is 27.8. The minimum Gasteiger partial charge on any atom is -0.386 e. The summed E-state index contributed by atoms with van der Waals surface area (Å²) in [6.07, 6.45) is 14.0. The van der Waals surface area contributed by atoms with Crippen molar-refractivity contribution >= 4 is 69.1 Å². The number of aliphatic hydroxyl groups is 2. The van der Waals surface area contributed by atoms with Crippen LogP contribution in [0.25, 0.3) is 11.2 Å². The number of hydrogen-bond donors (Lipinski definition) is 9. The van der Waals surface area contributed by atoms with Crippen LogP contribution in [-0.2, 0) is 50.7 Å². The molecule has 67 heavy (non-hydrogen) atoms. The summed E-state index contributed by atoms with van der Waals surface area (Å²) in [6, 6.07) is 0. The zero-order chi connectivity index (χ0) is 49.7. The predicted molar refractivity (Wildman–Crippen MR) is 247 cm³/mol. The second kappa shape index (κ2) is 28.8. The summed E-state index contributed by atoms with van der Waals surface area (Å²) in [6.45, 7) is 2.76. The van der Waals surface area contributed by atoms with E-state index in [0.717, 1.165) is 48.2 Å². The Labute approximate surface area is 394 Å². The molecule has 1 saturated heterocycles. The zero-order valence-electron chi connectivity index (χ0n) is 38.1. The van der Waals surface area contributed by atoms with Crippen molar-refractivity contribution in [2.45, 2.75) is 148 Å². The molecular formula is C39H68N7O17P3S. The third kappa shape index (κ3) is 21.9. The van der Waals surface area contributed by atoms with Gasteiger partial charge in [0.2, 0.25) is 16.9 Å². The van der Waals surface area contributed by atoms with Gasteiger partial charge < -0.3 is 50.9 Å². The van der Waals surface area contributed by atoms with Crippen LogP contribution in [0.1, 0.15) is 123 Å². The van der Waals surface area contributed by atoms with Gasteiger partial charge in [0.1, 0.15) is 36.3 Å². The molecule has 2 aromatic rings. The van der Waals surface area contributed by atoms with Crippen molar-refractivity contribution in [3.05, 3.63) is 24.8 Å². The van der Waals surface area contributed by atoms with Gasteiger partial charge in [0, 0.05) is 30.7 Å². The first kappa shape index (κ1) is 58.6. The van der Waals surface area contributed by atoms with Crippen LogP contribution in [-0.4, -0.2) is 123 Å². The Bertz CT molecular complexity index is 2040. The quantitative estimate of drug-likeness (QED) is 0.0260. The van der Waals surface area contributed by atoms with E-state index in [1.54, 1.807) is 6.08 Å². The summed E-state index contributed by atoms with van der Waals surface area (Å²) in [7, 11) is -16.4. The number of anilines is 1. The molecule has 2 unspecified atom stereocenters. The highest BCUT2D eigenvalue weighted by Gasteiger charge is 2.50. The highest BCUT2D eigenvalue weighted by molar-refractivity contribution is 8.14. The van der Waals surface area contributed by atoms with Crippen molar-refractivity contribution in [3.63, 3.8) is 0 Å². The summed E-state index contributed by atoms with van der Waals surface area (Å²) in [5.41, 5.74) is 4.28. The molecule has 1 aliphatic heterocycles. The standard InChI is InChI=1S/C39H68N7O17P3S/c1-4-5-6-7-8-9-10-11-12-13-14-15-16-17-18-19-30(48)67-23-22-41-29(47)20-21-42-37(51)34(50)39(2,3)25-60-66(57,58)63-65(55,56)59-24-28-33(62-64(52,53)54)32(49)38(61-28)46-27-45-31-35(40)43-26-44-36(31)46/h18-19,26-28,32-34,38,49-50H,4-17,20-25H2,1-3H3,(H,41,47)(H,42,51)(H,55,56)(H,57,58)(H2,40,43,44)(H2,52,53,54)/b19-18+/t28-,32-,33-,34+,38-/m1/s1. The number of carbonyl (C=O) groups excluding carboxylic acids is 3. The second-order valence-electron chi connectivity index (χ2n) is 16.7. The maximum absolute atomic E-state index is 12.7. The summed E-state index contributed by atoms with van der Waals surface area (Å²) in [5.74, 6) is -1.09. The number of fused-ring (bicyclic) bond motifs is 1. The normalized spacial score (nSPS) is 20.2. The van der Waals surface area contributed by atoms with Gasteiger partial charge in [0.15, 0.2) is 17.7 Å². The predicted octanol–water partition coefficient (Wildman–Crippen LogP) is 4.70. The van der Waals surface area contributed by atoms with Gasteiger partial charge in [0.05, 0.1) is 19.5 Å². The fraction of sp³-hybridized carbons (Fsp3) is 0.744. The molecule has 0 radical (unpaired) electrons. The fourth-order valence-corrected chi connectivity index (χ4v) is 10.2. The molecule has 0 spiro atoms.